The molecule has 2 aromatic rings. The van der Waals surface area contributed by atoms with Crippen molar-refractivity contribution in [1.82, 2.24) is 9.38 Å². The number of hydrogen-bond acceptors (Lipinski definition) is 3. The van der Waals surface area contributed by atoms with E-state index in [1.807, 2.05) is 12.1 Å². The summed E-state index contributed by atoms with van der Waals surface area (Å²) in [7, 11) is 0. The summed E-state index contributed by atoms with van der Waals surface area (Å²) in [5.74, 6) is 0.389. The van der Waals surface area contributed by atoms with Crippen LogP contribution in [0.25, 0.3) is 5.65 Å². The van der Waals surface area contributed by atoms with Crippen LogP contribution in [0.1, 0.15) is 10.5 Å². The molecule has 0 bridgehead atoms. The summed E-state index contributed by atoms with van der Waals surface area (Å²) in [6, 6.07) is 5.47. The zero-order valence-electron chi connectivity index (χ0n) is 6.27. The van der Waals surface area contributed by atoms with Crippen molar-refractivity contribution < 1.29 is 4.79 Å². The maximum atomic E-state index is 10.4. The highest BCUT2D eigenvalue weighted by molar-refractivity contribution is 5.81. The summed E-state index contributed by atoms with van der Waals surface area (Å²) in [6.45, 7) is 0. The van der Waals surface area contributed by atoms with Crippen molar-refractivity contribution >= 4 is 17.8 Å². The Balaban J connectivity index is 2.87. The predicted octanol–water partition coefficient (Wildman–Crippen LogP) is 0.729. The number of fused-ring (bicyclic) bond motifs is 1. The minimum absolute atomic E-state index is 0.293. The fraction of sp³-hybridized carbons (Fsp3) is 0. The summed E-state index contributed by atoms with van der Waals surface area (Å²) in [5, 5.41) is 0. The van der Waals surface area contributed by atoms with Crippen molar-refractivity contribution in [1.29, 1.82) is 0 Å². The molecule has 60 valence electrons. The van der Waals surface area contributed by atoms with E-state index in [2.05, 4.69) is 4.98 Å². The lowest BCUT2D eigenvalue weighted by molar-refractivity contribution is 0.112. The molecule has 0 aliphatic heterocycles. The molecule has 0 aliphatic carbocycles. The number of carbonyl (C=O) groups excluding carboxylic acids is 1. The van der Waals surface area contributed by atoms with Gasteiger partial charge in [-0.15, -0.1) is 0 Å². The molecule has 12 heavy (non-hydrogen) atoms. The number of nitrogens with two attached hydrogens (primary N) is 1. The highest BCUT2D eigenvalue weighted by atomic mass is 16.1. The van der Waals surface area contributed by atoms with Crippen LogP contribution in [-0.2, 0) is 0 Å². The van der Waals surface area contributed by atoms with Gasteiger partial charge in [0.05, 0.1) is 0 Å². The fourth-order valence-electron chi connectivity index (χ4n) is 1.12. The third-order valence-corrected chi connectivity index (χ3v) is 1.71. The van der Waals surface area contributed by atoms with E-state index >= 15 is 0 Å². The average molecular weight is 161 g/mol. The summed E-state index contributed by atoms with van der Waals surface area (Å²) >= 11 is 0. The number of imidazole rings is 1. The maximum absolute atomic E-state index is 10.4. The lowest BCUT2D eigenvalue weighted by atomic mass is 10.5. The van der Waals surface area contributed by atoms with E-state index in [1.165, 1.54) is 0 Å². The van der Waals surface area contributed by atoms with E-state index in [0.717, 1.165) is 0 Å². The van der Waals surface area contributed by atoms with E-state index in [1.54, 1.807) is 16.7 Å². The molecular formula is C8H7N3O. The molecule has 2 N–H and O–H groups in total. The Morgan fingerprint density at radius 2 is 2.33 bits per heavy atom. The molecule has 0 aliphatic rings. The fourth-order valence-corrected chi connectivity index (χ4v) is 1.12. The second-order valence-corrected chi connectivity index (χ2v) is 2.43. The van der Waals surface area contributed by atoms with Crippen LogP contribution in [0.4, 0.5) is 5.82 Å². The monoisotopic (exact) mass is 161 g/mol. The first-order valence-corrected chi connectivity index (χ1v) is 3.50. The molecule has 0 aromatic carbocycles. The largest absolute Gasteiger partial charge is 0.383 e. The van der Waals surface area contributed by atoms with Crippen LogP contribution in [0.15, 0.2) is 24.4 Å². The topological polar surface area (TPSA) is 60.4 Å². The van der Waals surface area contributed by atoms with E-state index in [-0.39, 0.29) is 0 Å². The number of nitrogen functional groups attached to an aromatic ring is 1. The van der Waals surface area contributed by atoms with Gasteiger partial charge in [-0.25, -0.2) is 4.98 Å². The van der Waals surface area contributed by atoms with Gasteiger partial charge in [-0.1, -0.05) is 6.07 Å². The first-order chi connectivity index (χ1) is 5.83. The molecule has 2 rings (SSSR count). The molecule has 0 atom stereocenters. The van der Waals surface area contributed by atoms with Gasteiger partial charge in [0.1, 0.15) is 17.2 Å². The van der Waals surface area contributed by atoms with Crippen molar-refractivity contribution in [3.63, 3.8) is 0 Å². The van der Waals surface area contributed by atoms with Crippen LogP contribution in [-0.4, -0.2) is 15.7 Å². The van der Waals surface area contributed by atoms with Gasteiger partial charge >= 0.3 is 0 Å². The van der Waals surface area contributed by atoms with E-state index in [4.69, 9.17) is 5.73 Å². The number of aldehydes is 1. The highest BCUT2D eigenvalue weighted by Gasteiger charge is 2.05. The van der Waals surface area contributed by atoms with Crippen LogP contribution in [0.3, 0.4) is 0 Å². The Kier molecular flexibility index (Phi) is 1.33. The molecule has 2 heterocycles. The number of nitrogens with zero attached hydrogens (tertiary/aromatic N) is 2. The first-order valence-electron chi connectivity index (χ1n) is 3.50. The molecular weight excluding hydrogens is 154 g/mol. The van der Waals surface area contributed by atoms with Crippen LogP contribution in [0.5, 0.6) is 0 Å². The molecule has 0 amide bonds. The normalized spacial score (nSPS) is 10.3. The van der Waals surface area contributed by atoms with Crippen molar-refractivity contribution in [3.05, 3.63) is 30.1 Å². The molecule has 0 spiro atoms. The van der Waals surface area contributed by atoms with Gasteiger partial charge in [0, 0.05) is 6.20 Å². The van der Waals surface area contributed by atoms with Gasteiger partial charge in [-0.3, -0.25) is 9.20 Å². The van der Waals surface area contributed by atoms with Crippen LogP contribution >= 0.6 is 0 Å². The van der Waals surface area contributed by atoms with Crippen LogP contribution in [0, 0.1) is 0 Å². The minimum atomic E-state index is 0.293. The quantitative estimate of drug-likeness (QED) is 0.627. The first kappa shape index (κ1) is 6.84. The zero-order valence-corrected chi connectivity index (χ0v) is 6.27. The van der Waals surface area contributed by atoms with Gasteiger partial charge in [-0.05, 0) is 12.1 Å². The molecule has 2 aromatic heterocycles. The smallest absolute Gasteiger partial charge is 0.172 e. The number of anilines is 1. The third kappa shape index (κ3) is 0.780. The van der Waals surface area contributed by atoms with Gasteiger partial charge in [-0.2, -0.15) is 0 Å². The maximum Gasteiger partial charge on any atom is 0.172 e. The van der Waals surface area contributed by atoms with Gasteiger partial charge in [0.25, 0.3) is 0 Å². The Labute approximate surface area is 68.6 Å². The Hall–Kier alpha value is -1.84. The third-order valence-electron chi connectivity index (χ3n) is 1.71. The Morgan fingerprint density at radius 3 is 3.00 bits per heavy atom. The van der Waals surface area contributed by atoms with Gasteiger partial charge in [0.15, 0.2) is 6.29 Å². The highest BCUT2D eigenvalue weighted by Crippen LogP contribution is 2.11. The predicted molar refractivity (Wildman–Crippen MR) is 45.0 cm³/mol. The number of pyridine rings is 1. The molecule has 4 heteroatoms. The second-order valence-electron chi connectivity index (χ2n) is 2.43. The molecule has 4 nitrogen and oxygen atoms in total. The lowest BCUT2D eigenvalue weighted by Gasteiger charge is -1.92. The summed E-state index contributed by atoms with van der Waals surface area (Å²) in [5.41, 5.74) is 6.60. The van der Waals surface area contributed by atoms with Crippen molar-refractivity contribution in [2.75, 3.05) is 5.73 Å². The molecule has 0 unspecified atom stereocenters. The Bertz CT molecular complexity index is 433. The molecule has 0 saturated carbocycles. The molecule has 0 radical (unpaired) electrons. The summed E-state index contributed by atoms with van der Waals surface area (Å²) < 4.78 is 1.67. The van der Waals surface area contributed by atoms with Crippen LogP contribution in [0.2, 0.25) is 0 Å². The SMILES string of the molecule is Nc1c(C=O)nc2ccccn12. The van der Waals surface area contributed by atoms with E-state index < -0.39 is 0 Å². The Morgan fingerprint density at radius 1 is 1.50 bits per heavy atom. The molecule has 0 fully saturated rings. The van der Waals surface area contributed by atoms with Gasteiger partial charge in [0.2, 0.25) is 0 Å². The van der Waals surface area contributed by atoms with Gasteiger partial charge < -0.3 is 5.73 Å². The molecule has 0 saturated heterocycles. The minimum Gasteiger partial charge on any atom is -0.383 e. The number of aromatic nitrogens is 2. The number of hydrogen-bond donors (Lipinski definition) is 1. The van der Waals surface area contributed by atoms with Crippen LogP contribution < -0.4 is 5.73 Å². The number of carbonyl (C=O) groups is 1. The average Bonchev–Trinajstić information content (AvgIpc) is 2.44. The van der Waals surface area contributed by atoms with Crippen molar-refractivity contribution in [2.24, 2.45) is 0 Å². The standard InChI is InChI=1S/C8H7N3O/c9-8-6(5-12)10-7-3-1-2-4-11(7)8/h1-5H,9H2. The zero-order chi connectivity index (χ0) is 8.55. The lowest BCUT2D eigenvalue weighted by Crippen LogP contribution is -1.94. The van der Waals surface area contributed by atoms with E-state index in [9.17, 15) is 4.79 Å². The summed E-state index contributed by atoms with van der Waals surface area (Å²) in [4.78, 5) is 14.4. The summed E-state index contributed by atoms with van der Waals surface area (Å²) in [6.07, 6.45) is 2.42. The number of rotatable bonds is 1. The van der Waals surface area contributed by atoms with E-state index in [0.29, 0.717) is 23.4 Å². The second kappa shape index (κ2) is 2.34. The van der Waals surface area contributed by atoms with Crippen molar-refractivity contribution in [3.8, 4) is 0 Å². The van der Waals surface area contributed by atoms with Crippen molar-refractivity contribution in [2.45, 2.75) is 0 Å².